The van der Waals surface area contributed by atoms with Crippen LogP contribution in [-0.2, 0) is 6.54 Å². The maximum absolute atomic E-state index is 12.0. The van der Waals surface area contributed by atoms with E-state index in [0.29, 0.717) is 13.1 Å². The first-order valence-corrected chi connectivity index (χ1v) is 5.42. The standard InChI is InChI=1S/C11H17N3O/c1-2-5-13-6-3-4-10(13)11(15)14-7-9(12)8-14/h3-4,6,9H,2,5,7-8,12H2,1H3. The lowest BCUT2D eigenvalue weighted by molar-refractivity contribution is 0.0596. The zero-order chi connectivity index (χ0) is 10.8. The Hall–Kier alpha value is -1.29. The van der Waals surface area contributed by atoms with Crippen LogP contribution < -0.4 is 5.73 Å². The van der Waals surface area contributed by atoms with Crippen LogP contribution in [0.4, 0.5) is 0 Å². The first-order chi connectivity index (χ1) is 7.22. The molecule has 1 aromatic rings. The number of rotatable bonds is 3. The molecule has 1 aromatic heterocycles. The highest BCUT2D eigenvalue weighted by Gasteiger charge is 2.29. The van der Waals surface area contributed by atoms with Crippen LogP contribution in [0.2, 0.25) is 0 Å². The van der Waals surface area contributed by atoms with Crippen molar-refractivity contribution in [3.8, 4) is 0 Å². The van der Waals surface area contributed by atoms with Gasteiger partial charge in [0.1, 0.15) is 5.69 Å². The molecule has 4 nitrogen and oxygen atoms in total. The largest absolute Gasteiger partial charge is 0.344 e. The molecule has 0 saturated carbocycles. The van der Waals surface area contributed by atoms with Crippen molar-refractivity contribution < 1.29 is 4.79 Å². The molecule has 0 bridgehead atoms. The van der Waals surface area contributed by atoms with Crippen molar-refractivity contribution >= 4 is 5.91 Å². The molecule has 1 fully saturated rings. The summed E-state index contributed by atoms with van der Waals surface area (Å²) in [5, 5.41) is 0. The molecule has 2 rings (SSSR count). The molecule has 15 heavy (non-hydrogen) atoms. The van der Waals surface area contributed by atoms with Crippen LogP contribution in [-0.4, -0.2) is 34.5 Å². The molecule has 4 heteroatoms. The molecule has 1 saturated heterocycles. The van der Waals surface area contributed by atoms with Gasteiger partial charge in [-0.15, -0.1) is 0 Å². The maximum Gasteiger partial charge on any atom is 0.270 e. The molecule has 1 aliphatic rings. The van der Waals surface area contributed by atoms with Crippen LogP contribution in [0.15, 0.2) is 18.3 Å². The average molecular weight is 207 g/mol. The van der Waals surface area contributed by atoms with Crippen LogP contribution in [0.25, 0.3) is 0 Å². The molecule has 0 radical (unpaired) electrons. The number of carbonyl (C=O) groups is 1. The van der Waals surface area contributed by atoms with Gasteiger partial charge in [0.05, 0.1) is 0 Å². The SMILES string of the molecule is CCCn1cccc1C(=O)N1CC(N)C1. The lowest BCUT2D eigenvalue weighted by Gasteiger charge is -2.36. The van der Waals surface area contributed by atoms with Crippen molar-refractivity contribution in [1.82, 2.24) is 9.47 Å². The Bertz CT molecular complexity index is 352. The van der Waals surface area contributed by atoms with E-state index in [1.54, 1.807) is 4.90 Å². The summed E-state index contributed by atoms with van der Waals surface area (Å²) < 4.78 is 2.01. The smallest absolute Gasteiger partial charge is 0.270 e. The molecule has 0 atom stereocenters. The summed E-state index contributed by atoms with van der Waals surface area (Å²) >= 11 is 0. The summed E-state index contributed by atoms with van der Waals surface area (Å²) in [6, 6.07) is 3.97. The van der Waals surface area contributed by atoms with Crippen molar-refractivity contribution in [2.45, 2.75) is 25.9 Å². The number of hydrogen-bond acceptors (Lipinski definition) is 2. The number of carbonyl (C=O) groups excluding carboxylic acids is 1. The second-order valence-corrected chi connectivity index (χ2v) is 4.06. The Morgan fingerprint density at radius 3 is 2.93 bits per heavy atom. The fraction of sp³-hybridized carbons (Fsp3) is 0.545. The predicted octanol–water partition coefficient (Wildman–Crippen LogP) is 0.681. The zero-order valence-corrected chi connectivity index (χ0v) is 9.02. The quantitative estimate of drug-likeness (QED) is 0.792. The number of hydrogen-bond donors (Lipinski definition) is 1. The molecule has 0 aliphatic carbocycles. The molecular formula is C11H17N3O. The van der Waals surface area contributed by atoms with E-state index in [2.05, 4.69) is 6.92 Å². The van der Waals surface area contributed by atoms with Gasteiger partial charge in [0.25, 0.3) is 5.91 Å². The molecule has 1 amide bonds. The van der Waals surface area contributed by atoms with Gasteiger partial charge in [-0.25, -0.2) is 0 Å². The van der Waals surface area contributed by atoms with Gasteiger partial charge in [0.2, 0.25) is 0 Å². The topological polar surface area (TPSA) is 51.3 Å². The minimum absolute atomic E-state index is 0.107. The minimum Gasteiger partial charge on any atom is -0.344 e. The summed E-state index contributed by atoms with van der Waals surface area (Å²) in [5.74, 6) is 0.107. The van der Waals surface area contributed by atoms with Crippen LogP contribution in [0.1, 0.15) is 23.8 Å². The third kappa shape index (κ3) is 1.90. The first-order valence-electron chi connectivity index (χ1n) is 5.42. The number of aromatic nitrogens is 1. The molecule has 2 N–H and O–H groups in total. The normalized spacial score (nSPS) is 16.5. The van der Waals surface area contributed by atoms with Crippen molar-refractivity contribution in [2.24, 2.45) is 5.73 Å². The summed E-state index contributed by atoms with van der Waals surface area (Å²) in [6.45, 7) is 4.38. The lowest BCUT2D eigenvalue weighted by atomic mass is 10.1. The molecule has 82 valence electrons. The summed E-state index contributed by atoms with van der Waals surface area (Å²) in [6.07, 6.45) is 2.99. The van der Waals surface area contributed by atoms with E-state index in [0.717, 1.165) is 18.7 Å². The Balaban J connectivity index is 2.08. The van der Waals surface area contributed by atoms with E-state index >= 15 is 0 Å². The highest BCUT2D eigenvalue weighted by atomic mass is 16.2. The van der Waals surface area contributed by atoms with Gasteiger partial charge in [-0.1, -0.05) is 6.92 Å². The van der Waals surface area contributed by atoms with Crippen molar-refractivity contribution in [3.63, 3.8) is 0 Å². The molecule has 1 aliphatic heterocycles. The van der Waals surface area contributed by atoms with E-state index in [-0.39, 0.29) is 11.9 Å². The van der Waals surface area contributed by atoms with E-state index in [1.807, 2.05) is 22.9 Å². The van der Waals surface area contributed by atoms with E-state index in [4.69, 9.17) is 5.73 Å². The predicted molar refractivity (Wildman–Crippen MR) is 58.6 cm³/mol. The Morgan fingerprint density at radius 1 is 1.60 bits per heavy atom. The zero-order valence-electron chi connectivity index (χ0n) is 9.02. The van der Waals surface area contributed by atoms with E-state index in [1.165, 1.54) is 0 Å². The third-order valence-electron chi connectivity index (χ3n) is 2.71. The fourth-order valence-corrected chi connectivity index (χ4v) is 1.88. The summed E-state index contributed by atoms with van der Waals surface area (Å²) in [7, 11) is 0. The van der Waals surface area contributed by atoms with Crippen molar-refractivity contribution in [1.29, 1.82) is 0 Å². The molecule has 0 unspecified atom stereocenters. The number of aryl methyl sites for hydroxylation is 1. The number of nitrogens with two attached hydrogens (primary N) is 1. The van der Waals surface area contributed by atoms with Crippen LogP contribution in [0, 0.1) is 0 Å². The van der Waals surface area contributed by atoms with Gasteiger partial charge in [-0.3, -0.25) is 4.79 Å². The number of nitrogens with zero attached hydrogens (tertiary/aromatic N) is 2. The molecule has 0 spiro atoms. The van der Waals surface area contributed by atoms with Crippen molar-refractivity contribution in [3.05, 3.63) is 24.0 Å². The second-order valence-electron chi connectivity index (χ2n) is 4.06. The van der Waals surface area contributed by atoms with Crippen molar-refractivity contribution in [2.75, 3.05) is 13.1 Å². The fourth-order valence-electron chi connectivity index (χ4n) is 1.88. The number of likely N-dealkylation sites (tertiary alicyclic amines) is 1. The first kappa shape index (κ1) is 10.2. The highest BCUT2D eigenvalue weighted by Crippen LogP contribution is 2.13. The van der Waals surface area contributed by atoms with Gasteiger partial charge >= 0.3 is 0 Å². The summed E-state index contributed by atoms with van der Waals surface area (Å²) in [4.78, 5) is 13.8. The van der Waals surface area contributed by atoms with E-state index < -0.39 is 0 Å². The minimum atomic E-state index is 0.107. The number of amides is 1. The Labute approximate surface area is 89.7 Å². The second kappa shape index (κ2) is 4.06. The van der Waals surface area contributed by atoms with Gasteiger partial charge in [-0.05, 0) is 18.6 Å². The monoisotopic (exact) mass is 207 g/mol. The average Bonchev–Trinajstić information content (AvgIpc) is 2.61. The van der Waals surface area contributed by atoms with Gasteiger partial charge < -0.3 is 15.2 Å². The molecule has 0 aromatic carbocycles. The summed E-state index contributed by atoms with van der Waals surface area (Å²) in [5.41, 5.74) is 6.44. The molecule has 2 heterocycles. The highest BCUT2D eigenvalue weighted by molar-refractivity contribution is 5.93. The van der Waals surface area contributed by atoms with Gasteiger partial charge in [0, 0.05) is 31.9 Å². The third-order valence-corrected chi connectivity index (χ3v) is 2.71. The van der Waals surface area contributed by atoms with Gasteiger partial charge in [-0.2, -0.15) is 0 Å². The van der Waals surface area contributed by atoms with Crippen LogP contribution in [0.5, 0.6) is 0 Å². The van der Waals surface area contributed by atoms with E-state index in [9.17, 15) is 4.79 Å². The molecular weight excluding hydrogens is 190 g/mol. The van der Waals surface area contributed by atoms with Gasteiger partial charge in [0.15, 0.2) is 0 Å². The Morgan fingerprint density at radius 2 is 2.33 bits per heavy atom. The maximum atomic E-state index is 12.0. The Kier molecular flexibility index (Phi) is 2.77. The van der Waals surface area contributed by atoms with Crippen LogP contribution in [0.3, 0.4) is 0 Å². The van der Waals surface area contributed by atoms with Crippen LogP contribution >= 0.6 is 0 Å². The lowest BCUT2D eigenvalue weighted by Crippen LogP contribution is -2.58.